The van der Waals surface area contributed by atoms with Gasteiger partial charge in [-0.2, -0.15) is 0 Å². The van der Waals surface area contributed by atoms with Crippen molar-refractivity contribution in [3.63, 3.8) is 0 Å². The maximum absolute atomic E-state index is 6.11. The van der Waals surface area contributed by atoms with Crippen molar-refractivity contribution >= 4 is 49.0 Å². The molecule has 0 atom stereocenters. The van der Waals surface area contributed by atoms with Crippen molar-refractivity contribution in [2.75, 3.05) is 0 Å². The summed E-state index contributed by atoms with van der Waals surface area (Å²) in [5, 5.41) is 5.16. The molecule has 0 N–H and O–H groups in total. The minimum absolute atomic E-state index is 0.861. The summed E-state index contributed by atoms with van der Waals surface area (Å²) in [5.41, 5.74) is 2.46. The summed E-state index contributed by atoms with van der Waals surface area (Å²) in [7, 11) is 0. The van der Waals surface area contributed by atoms with Crippen LogP contribution in [-0.2, 0) is 5.33 Å². The highest BCUT2D eigenvalue weighted by molar-refractivity contribution is 9.08. The maximum Gasteiger partial charge on any atom is 0.0452 e. The summed E-state index contributed by atoms with van der Waals surface area (Å²) >= 11 is 11.3. The number of alkyl halides is 1. The minimum atomic E-state index is 0.861. The van der Waals surface area contributed by atoms with Gasteiger partial charge in [-0.05, 0) is 40.9 Å². The molecule has 0 saturated heterocycles. The third kappa shape index (κ3) is 1.51. The average molecular weight is 276 g/mol. The smallest absolute Gasteiger partial charge is 0.0452 e. The quantitative estimate of drug-likeness (QED) is 0.658. The fourth-order valence-corrected chi connectivity index (χ4v) is 3.11. The van der Waals surface area contributed by atoms with Crippen molar-refractivity contribution < 1.29 is 0 Å². The molecule has 3 heteroatoms. The Morgan fingerprint density at radius 1 is 1.54 bits per heavy atom. The van der Waals surface area contributed by atoms with Gasteiger partial charge in [-0.1, -0.05) is 27.5 Å². The van der Waals surface area contributed by atoms with Gasteiger partial charge in [0.1, 0.15) is 0 Å². The lowest BCUT2D eigenvalue weighted by molar-refractivity contribution is 1.46. The van der Waals surface area contributed by atoms with E-state index in [2.05, 4.69) is 34.3 Å². The van der Waals surface area contributed by atoms with Gasteiger partial charge in [-0.3, -0.25) is 0 Å². The monoisotopic (exact) mass is 274 g/mol. The Morgan fingerprint density at radius 2 is 2.31 bits per heavy atom. The number of rotatable bonds is 1. The number of benzene rings is 1. The Labute approximate surface area is 94.7 Å². The van der Waals surface area contributed by atoms with Crippen molar-refractivity contribution in [3.8, 4) is 0 Å². The summed E-state index contributed by atoms with van der Waals surface area (Å²) in [4.78, 5) is 0. The number of fused-ring (bicyclic) bond motifs is 1. The van der Waals surface area contributed by atoms with Gasteiger partial charge in [0.15, 0.2) is 0 Å². The molecule has 0 bridgehead atoms. The standard InChI is InChI=1S/C10H8BrClS/c1-6-9(12)4-7(5-11)8-2-3-13-10(6)8/h2-4H,5H2,1H3. The number of hydrogen-bond donors (Lipinski definition) is 0. The lowest BCUT2D eigenvalue weighted by Gasteiger charge is -2.04. The van der Waals surface area contributed by atoms with E-state index >= 15 is 0 Å². The topological polar surface area (TPSA) is 0 Å². The van der Waals surface area contributed by atoms with Crippen LogP contribution in [0.1, 0.15) is 11.1 Å². The normalized spacial score (nSPS) is 11.0. The second-order valence-electron chi connectivity index (χ2n) is 2.94. The molecule has 0 saturated carbocycles. The predicted molar refractivity (Wildman–Crippen MR) is 64.2 cm³/mol. The van der Waals surface area contributed by atoms with E-state index in [1.165, 1.54) is 21.2 Å². The summed E-state index contributed by atoms with van der Waals surface area (Å²) < 4.78 is 1.31. The van der Waals surface area contributed by atoms with E-state index in [9.17, 15) is 0 Å². The molecule has 68 valence electrons. The van der Waals surface area contributed by atoms with Crippen LogP contribution < -0.4 is 0 Å². The Hall–Kier alpha value is -0.0500. The number of thiophene rings is 1. The van der Waals surface area contributed by atoms with Gasteiger partial charge < -0.3 is 0 Å². The van der Waals surface area contributed by atoms with E-state index in [4.69, 9.17) is 11.6 Å². The van der Waals surface area contributed by atoms with Crippen molar-refractivity contribution in [1.29, 1.82) is 0 Å². The first kappa shape index (κ1) is 9.50. The van der Waals surface area contributed by atoms with Gasteiger partial charge in [0.05, 0.1) is 0 Å². The van der Waals surface area contributed by atoms with Gasteiger partial charge in [0.25, 0.3) is 0 Å². The van der Waals surface area contributed by atoms with Gasteiger partial charge in [0.2, 0.25) is 0 Å². The highest BCUT2D eigenvalue weighted by Gasteiger charge is 2.07. The maximum atomic E-state index is 6.11. The predicted octanol–water partition coefficient (Wildman–Crippen LogP) is 4.76. The molecule has 0 aliphatic heterocycles. The van der Waals surface area contributed by atoms with Gasteiger partial charge >= 0.3 is 0 Å². The first-order chi connectivity index (χ1) is 6.24. The first-order valence-electron chi connectivity index (χ1n) is 3.95. The summed E-state index contributed by atoms with van der Waals surface area (Å²) in [6, 6.07) is 4.20. The average Bonchev–Trinajstić information content (AvgIpc) is 2.60. The number of halogens is 2. The Balaban J connectivity index is 2.87. The molecule has 0 spiro atoms. The Morgan fingerprint density at radius 3 is 3.00 bits per heavy atom. The third-order valence-electron chi connectivity index (χ3n) is 2.15. The summed E-state index contributed by atoms with van der Waals surface area (Å²) in [5.74, 6) is 0. The molecule has 0 unspecified atom stereocenters. The second kappa shape index (κ2) is 3.60. The number of hydrogen-bond acceptors (Lipinski definition) is 1. The lowest BCUT2D eigenvalue weighted by atomic mass is 10.1. The summed E-state index contributed by atoms with van der Waals surface area (Å²) in [6.45, 7) is 2.07. The molecule has 1 aromatic heterocycles. The molecular weight excluding hydrogens is 268 g/mol. The van der Waals surface area contributed by atoms with Crippen LogP contribution in [0.3, 0.4) is 0 Å². The second-order valence-corrected chi connectivity index (χ2v) is 4.82. The van der Waals surface area contributed by atoms with Crippen LogP contribution in [0.4, 0.5) is 0 Å². The minimum Gasteiger partial charge on any atom is -0.143 e. The SMILES string of the molecule is Cc1c(Cl)cc(CBr)c2ccsc12. The van der Waals surface area contributed by atoms with E-state index in [-0.39, 0.29) is 0 Å². The molecular formula is C10H8BrClS. The molecule has 2 aromatic rings. The molecule has 0 aliphatic carbocycles. The van der Waals surface area contributed by atoms with E-state index in [1.807, 2.05) is 6.07 Å². The van der Waals surface area contributed by atoms with Crippen molar-refractivity contribution in [2.45, 2.75) is 12.3 Å². The Bertz CT molecular complexity index is 447. The van der Waals surface area contributed by atoms with E-state index in [0.29, 0.717) is 0 Å². The zero-order valence-electron chi connectivity index (χ0n) is 7.10. The molecule has 1 heterocycles. The van der Waals surface area contributed by atoms with Gasteiger partial charge in [0, 0.05) is 15.1 Å². The highest BCUT2D eigenvalue weighted by atomic mass is 79.9. The molecule has 0 aliphatic rings. The van der Waals surface area contributed by atoms with Crippen LogP contribution in [0, 0.1) is 6.92 Å². The van der Waals surface area contributed by atoms with E-state index in [1.54, 1.807) is 11.3 Å². The molecule has 0 radical (unpaired) electrons. The molecule has 13 heavy (non-hydrogen) atoms. The molecule has 1 aromatic carbocycles. The summed E-state index contributed by atoms with van der Waals surface area (Å²) in [6.07, 6.45) is 0. The van der Waals surface area contributed by atoms with Crippen molar-refractivity contribution in [1.82, 2.24) is 0 Å². The van der Waals surface area contributed by atoms with E-state index < -0.39 is 0 Å². The van der Waals surface area contributed by atoms with Crippen LogP contribution in [0.25, 0.3) is 10.1 Å². The first-order valence-corrected chi connectivity index (χ1v) is 6.33. The van der Waals surface area contributed by atoms with Crippen LogP contribution >= 0.6 is 38.9 Å². The zero-order valence-corrected chi connectivity index (χ0v) is 10.3. The van der Waals surface area contributed by atoms with Crippen LogP contribution in [-0.4, -0.2) is 0 Å². The molecule has 0 fully saturated rings. The van der Waals surface area contributed by atoms with Crippen LogP contribution in [0.15, 0.2) is 17.5 Å². The third-order valence-corrected chi connectivity index (χ3v) is 4.19. The number of aryl methyl sites for hydroxylation is 1. The molecule has 0 nitrogen and oxygen atoms in total. The molecule has 2 rings (SSSR count). The largest absolute Gasteiger partial charge is 0.143 e. The zero-order chi connectivity index (χ0) is 9.42. The Kier molecular flexibility index (Phi) is 2.63. The fourth-order valence-electron chi connectivity index (χ4n) is 1.41. The molecule has 0 amide bonds. The van der Waals surface area contributed by atoms with Crippen molar-refractivity contribution in [2.24, 2.45) is 0 Å². The van der Waals surface area contributed by atoms with Crippen LogP contribution in [0.2, 0.25) is 5.02 Å². The van der Waals surface area contributed by atoms with Gasteiger partial charge in [-0.25, -0.2) is 0 Å². The van der Waals surface area contributed by atoms with E-state index in [0.717, 1.165) is 10.4 Å². The van der Waals surface area contributed by atoms with Gasteiger partial charge in [-0.15, -0.1) is 11.3 Å². The lowest BCUT2D eigenvalue weighted by Crippen LogP contribution is -1.82. The van der Waals surface area contributed by atoms with Crippen molar-refractivity contribution in [3.05, 3.63) is 33.7 Å². The highest BCUT2D eigenvalue weighted by Crippen LogP contribution is 2.33. The van der Waals surface area contributed by atoms with Crippen LogP contribution in [0.5, 0.6) is 0 Å². The fraction of sp³-hybridized carbons (Fsp3) is 0.200.